The molecule has 1 fully saturated rings. The van der Waals surface area contributed by atoms with Crippen molar-refractivity contribution in [2.75, 3.05) is 30.4 Å². The molecule has 22 heavy (non-hydrogen) atoms. The largest absolute Gasteiger partial charge is 0.371 e. The maximum atomic E-state index is 12.2. The Hall–Kier alpha value is -2.08. The number of hydrogen-bond donors (Lipinski definition) is 1. The summed E-state index contributed by atoms with van der Waals surface area (Å²) in [7, 11) is 1.81. The summed E-state index contributed by atoms with van der Waals surface area (Å²) >= 11 is 1.42. The molecule has 3 rings (SSSR count). The molecule has 5 nitrogen and oxygen atoms in total. The molecule has 1 saturated heterocycles. The highest BCUT2D eigenvalue weighted by Crippen LogP contribution is 2.25. The SMILES string of the molecule is CN(Cc1ccccc1N1CCCC1)C(=O)Nc1nccs1. The predicted octanol–water partition coefficient (Wildman–Crippen LogP) is 3.41. The molecule has 1 aromatic heterocycles. The maximum Gasteiger partial charge on any atom is 0.323 e. The number of nitrogens with zero attached hydrogens (tertiary/aromatic N) is 3. The summed E-state index contributed by atoms with van der Waals surface area (Å²) in [5.41, 5.74) is 2.43. The Morgan fingerprint density at radius 3 is 2.86 bits per heavy atom. The van der Waals surface area contributed by atoms with Gasteiger partial charge in [-0.05, 0) is 24.5 Å². The van der Waals surface area contributed by atoms with Crippen molar-refractivity contribution in [3.63, 3.8) is 0 Å². The van der Waals surface area contributed by atoms with Crippen molar-refractivity contribution in [2.45, 2.75) is 19.4 Å². The van der Waals surface area contributed by atoms with Crippen LogP contribution in [-0.2, 0) is 6.54 Å². The minimum atomic E-state index is -0.133. The zero-order chi connectivity index (χ0) is 15.4. The second kappa shape index (κ2) is 6.79. The van der Waals surface area contributed by atoms with Gasteiger partial charge in [0.15, 0.2) is 5.13 Å². The van der Waals surface area contributed by atoms with Crippen molar-refractivity contribution in [2.24, 2.45) is 0 Å². The highest BCUT2D eigenvalue weighted by molar-refractivity contribution is 7.13. The third-order valence-electron chi connectivity index (χ3n) is 3.84. The van der Waals surface area contributed by atoms with E-state index in [9.17, 15) is 4.79 Å². The Kier molecular flexibility index (Phi) is 4.58. The highest BCUT2D eigenvalue weighted by Gasteiger charge is 2.17. The van der Waals surface area contributed by atoms with Crippen molar-refractivity contribution < 1.29 is 4.79 Å². The minimum Gasteiger partial charge on any atom is -0.371 e. The van der Waals surface area contributed by atoms with Crippen LogP contribution in [0.5, 0.6) is 0 Å². The van der Waals surface area contributed by atoms with Gasteiger partial charge in [0.1, 0.15) is 0 Å². The Morgan fingerprint density at radius 1 is 1.36 bits per heavy atom. The molecule has 2 aromatic rings. The lowest BCUT2D eigenvalue weighted by Gasteiger charge is -2.24. The van der Waals surface area contributed by atoms with Crippen LogP contribution in [0.2, 0.25) is 0 Å². The summed E-state index contributed by atoms with van der Waals surface area (Å²) in [6.45, 7) is 2.79. The van der Waals surface area contributed by atoms with Gasteiger partial charge in [-0.3, -0.25) is 5.32 Å². The fourth-order valence-electron chi connectivity index (χ4n) is 2.71. The fraction of sp³-hybridized carbons (Fsp3) is 0.375. The van der Waals surface area contributed by atoms with Crippen LogP contribution in [0.15, 0.2) is 35.8 Å². The number of aromatic nitrogens is 1. The summed E-state index contributed by atoms with van der Waals surface area (Å²) in [6.07, 6.45) is 4.17. The number of anilines is 2. The third-order valence-corrected chi connectivity index (χ3v) is 4.53. The van der Waals surface area contributed by atoms with Gasteiger partial charge in [-0.1, -0.05) is 18.2 Å². The molecule has 2 amide bonds. The Balaban J connectivity index is 1.68. The normalized spacial score (nSPS) is 14.1. The third kappa shape index (κ3) is 3.39. The quantitative estimate of drug-likeness (QED) is 0.940. The first-order valence-corrected chi connectivity index (χ1v) is 8.36. The molecule has 0 radical (unpaired) electrons. The smallest absolute Gasteiger partial charge is 0.323 e. The van der Waals surface area contributed by atoms with Gasteiger partial charge in [0.25, 0.3) is 0 Å². The first kappa shape index (κ1) is 14.8. The number of rotatable bonds is 4. The van der Waals surface area contributed by atoms with E-state index in [0.717, 1.165) is 13.1 Å². The first-order valence-electron chi connectivity index (χ1n) is 7.48. The molecule has 1 aromatic carbocycles. The van der Waals surface area contributed by atoms with Crippen LogP contribution in [0.25, 0.3) is 0 Å². The van der Waals surface area contributed by atoms with Crippen molar-refractivity contribution in [1.82, 2.24) is 9.88 Å². The van der Waals surface area contributed by atoms with Gasteiger partial charge < -0.3 is 9.80 Å². The van der Waals surface area contributed by atoms with E-state index < -0.39 is 0 Å². The number of hydrogen-bond acceptors (Lipinski definition) is 4. The average molecular weight is 316 g/mol. The molecule has 6 heteroatoms. The van der Waals surface area contributed by atoms with Crippen LogP contribution in [-0.4, -0.2) is 36.1 Å². The number of carbonyl (C=O) groups is 1. The van der Waals surface area contributed by atoms with E-state index in [1.807, 2.05) is 18.5 Å². The molecule has 2 heterocycles. The number of benzene rings is 1. The van der Waals surface area contributed by atoms with Crippen LogP contribution < -0.4 is 10.2 Å². The maximum absolute atomic E-state index is 12.2. The van der Waals surface area contributed by atoms with Crippen LogP contribution in [0.1, 0.15) is 18.4 Å². The number of thiazole rings is 1. The lowest BCUT2D eigenvalue weighted by atomic mass is 10.1. The monoisotopic (exact) mass is 316 g/mol. The highest BCUT2D eigenvalue weighted by atomic mass is 32.1. The number of amides is 2. The van der Waals surface area contributed by atoms with E-state index >= 15 is 0 Å². The number of urea groups is 1. The van der Waals surface area contributed by atoms with Crippen LogP contribution >= 0.6 is 11.3 Å². The summed E-state index contributed by atoms with van der Waals surface area (Å²) in [5, 5.41) is 5.29. The van der Waals surface area contributed by atoms with Gasteiger partial charge in [-0.15, -0.1) is 11.3 Å². The second-order valence-electron chi connectivity index (χ2n) is 5.45. The standard InChI is InChI=1S/C16H20N4OS/c1-19(16(21)18-15-17-8-11-22-15)12-13-6-2-3-7-14(13)20-9-4-5-10-20/h2-3,6-8,11H,4-5,9-10,12H2,1H3,(H,17,18,21). The van der Waals surface area contributed by atoms with E-state index in [1.54, 1.807) is 11.1 Å². The summed E-state index contributed by atoms with van der Waals surface area (Å²) in [4.78, 5) is 20.4. The first-order chi connectivity index (χ1) is 10.7. The molecule has 1 aliphatic rings. The molecule has 0 spiro atoms. The lowest BCUT2D eigenvalue weighted by Crippen LogP contribution is -2.31. The molecule has 0 atom stereocenters. The molecule has 1 N–H and O–H groups in total. The molecule has 116 valence electrons. The summed E-state index contributed by atoms with van der Waals surface area (Å²) < 4.78 is 0. The summed E-state index contributed by atoms with van der Waals surface area (Å²) in [6, 6.07) is 8.20. The van der Waals surface area contributed by atoms with Gasteiger partial charge in [0.05, 0.1) is 0 Å². The zero-order valence-corrected chi connectivity index (χ0v) is 13.5. The van der Waals surface area contributed by atoms with Gasteiger partial charge >= 0.3 is 6.03 Å². The number of nitrogens with one attached hydrogen (secondary N) is 1. The Bertz CT molecular complexity index is 623. The molecule has 0 bridgehead atoms. The zero-order valence-electron chi connectivity index (χ0n) is 12.7. The van der Waals surface area contributed by atoms with Crippen molar-refractivity contribution in [3.8, 4) is 0 Å². The van der Waals surface area contributed by atoms with E-state index in [4.69, 9.17) is 0 Å². The number of carbonyl (C=O) groups excluding carboxylic acids is 1. The van der Waals surface area contributed by atoms with Gasteiger partial charge in [0.2, 0.25) is 0 Å². The van der Waals surface area contributed by atoms with Gasteiger partial charge in [0, 0.05) is 43.9 Å². The van der Waals surface area contributed by atoms with Crippen molar-refractivity contribution >= 4 is 28.2 Å². The minimum absolute atomic E-state index is 0.133. The Labute approximate surface area is 134 Å². The molecule has 0 saturated carbocycles. The lowest BCUT2D eigenvalue weighted by molar-refractivity contribution is 0.220. The van der Waals surface area contributed by atoms with Gasteiger partial charge in [-0.2, -0.15) is 0 Å². The predicted molar refractivity (Wildman–Crippen MR) is 90.5 cm³/mol. The molecular formula is C16H20N4OS. The molecule has 0 unspecified atom stereocenters. The van der Waals surface area contributed by atoms with Crippen molar-refractivity contribution in [3.05, 3.63) is 41.4 Å². The van der Waals surface area contributed by atoms with Crippen LogP contribution in [0, 0.1) is 0 Å². The van der Waals surface area contributed by atoms with E-state index in [1.165, 1.54) is 35.4 Å². The average Bonchev–Trinajstić information content (AvgIpc) is 3.21. The van der Waals surface area contributed by atoms with Gasteiger partial charge in [-0.25, -0.2) is 9.78 Å². The molecule has 0 aliphatic carbocycles. The van der Waals surface area contributed by atoms with E-state index in [2.05, 4.69) is 33.4 Å². The number of para-hydroxylation sites is 1. The van der Waals surface area contributed by atoms with E-state index in [0.29, 0.717) is 11.7 Å². The van der Waals surface area contributed by atoms with Crippen LogP contribution in [0.4, 0.5) is 15.6 Å². The van der Waals surface area contributed by atoms with E-state index in [-0.39, 0.29) is 6.03 Å². The molecular weight excluding hydrogens is 296 g/mol. The summed E-state index contributed by atoms with van der Waals surface area (Å²) in [5.74, 6) is 0. The second-order valence-corrected chi connectivity index (χ2v) is 6.34. The molecule has 1 aliphatic heterocycles. The van der Waals surface area contributed by atoms with Crippen molar-refractivity contribution in [1.29, 1.82) is 0 Å². The Morgan fingerprint density at radius 2 is 2.14 bits per heavy atom. The fourth-order valence-corrected chi connectivity index (χ4v) is 3.23. The topological polar surface area (TPSA) is 48.5 Å². The van der Waals surface area contributed by atoms with Crippen LogP contribution in [0.3, 0.4) is 0 Å².